The fourth-order valence-electron chi connectivity index (χ4n) is 2.93. The summed E-state index contributed by atoms with van der Waals surface area (Å²) in [4.78, 5) is 27.3. The van der Waals surface area contributed by atoms with Gasteiger partial charge in [0.1, 0.15) is 6.04 Å². The molecule has 0 fully saturated rings. The number of nitrogens with zero attached hydrogens (tertiary/aromatic N) is 1. The first-order chi connectivity index (χ1) is 13.4. The van der Waals surface area contributed by atoms with Crippen molar-refractivity contribution >= 4 is 23.4 Å². The Hall–Kier alpha value is -2.33. The lowest BCUT2D eigenvalue weighted by atomic mass is 10.1. The van der Waals surface area contributed by atoms with Crippen LogP contribution in [0.5, 0.6) is 0 Å². The molecular weight excluding hydrogens is 372 g/mol. The van der Waals surface area contributed by atoms with Gasteiger partial charge >= 0.3 is 0 Å². The first-order valence-electron chi connectivity index (χ1n) is 9.78. The summed E-state index contributed by atoms with van der Waals surface area (Å²) >= 11 is 6.10. The quantitative estimate of drug-likeness (QED) is 0.629. The number of amides is 2. The molecule has 0 saturated heterocycles. The minimum absolute atomic E-state index is 0.0815. The molecular formula is C23H29ClN2O2. The summed E-state index contributed by atoms with van der Waals surface area (Å²) in [5.74, 6) is -0.213. The Morgan fingerprint density at radius 3 is 2.46 bits per heavy atom. The van der Waals surface area contributed by atoms with E-state index in [1.54, 1.807) is 17.9 Å². The van der Waals surface area contributed by atoms with E-state index in [0.717, 1.165) is 29.5 Å². The largest absolute Gasteiger partial charge is 0.354 e. The van der Waals surface area contributed by atoms with Crippen molar-refractivity contribution in [2.45, 2.75) is 52.6 Å². The first-order valence-corrected chi connectivity index (χ1v) is 10.2. The van der Waals surface area contributed by atoms with Gasteiger partial charge < -0.3 is 10.2 Å². The SMILES string of the molecule is CCCCNC(=O)C(C)N(Cc1cccc(Cl)c1)C(=O)Cc1ccc(C)cc1. The molecule has 0 saturated carbocycles. The predicted molar refractivity (Wildman–Crippen MR) is 114 cm³/mol. The summed E-state index contributed by atoms with van der Waals surface area (Å²) in [6.45, 7) is 6.83. The number of carbonyl (C=O) groups excluding carboxylic acids is 2. The number of halogens is 1. The van der Waals surface area contributed by atoms with Gasteiger partial charge in [-0.05, 0) is 43.5 Å². The summed E-state index contributed by atoms with van der Waals surface area (Å²) in [6.07, 6.45) is 2.19. The second-order valence-electron chi connectivity index (χ2n) is 7.13. The molecule has 150 valence electrons. The Labute approximate surface area is 172 Å². The van der Waals surface area contributed by atoms with Gasteiger partial charge in [0.05, 0.1) is 6.42 Å². The highest BCUT2D eigenvalue weighted by atomic mass is 35.5. The maximum atomic E-state index is 13.1. The van der Waals surface area contributed by atoms with E-state index >= 15 is 0 Å². The molecule has 0 aromatic heterocycles. The van der Waals surface area contributed by atoms with Crippen molar-refractivity contribution in [3.8, 4) is 0 Å². The molecule has 2 aromatic rings. The number of hydrogen-bond donors (Lipinski definition) is 1. The molecule has 0 aliphatic rings. The topological polar surface area (TPSA) is 49.4 Å². The van der Waals surface area contributed by atoms with Crippen LogP contribution in [0.2, 0.25) is 5.02 Å². The van der Waals surface area contributed by atoms with Gasteiger partial charge in [0.25, 0.3) is 0 Å². The number of carbonyl (C=O) groups is 2. The van der Waals surface area contributed by atoms with Gasteiger partial charge in [-0.2, -0.15) is 0 Å². The lowest BCUT2D eigenvalue weighted by molar-refractivity contribution is -0.140. The highest BCUT2D eigenvalue weighted by Crippen LogP contribution is 2.16. The van der Waals surface area contributed by atoms with E-state index in [0.29, 0.717) is 18.1 Å². The molecule has 2 aromatic carbocycles. The van der Waals surface area contributed by atoms with E-state index in [1.807, 2.05) is 49.4 Å². The van der Waals surface area contributed by atoms with Gasteiger partial charge in [-0.25, -0.2) is 0 Å². The zero-order valence-corrected chi connectivity index (χ0v) is 17.6. The molecule has 1 N–H and O–H groups in total. The van der Waals surface area contributed by atoms with Crippen molar-refractivity contribution in [2.75, 3.05) is 6.54 Å². The molecule has 0 aliphatic carbocycles. The Morgan fingerprint density at radius 1 is 1.11 bits per heavy atom. The fourth-order valence-corrected chi connectivity index (χ4v) is 3.15. The van der Waals surface area contributed by atoms with Crippen molar-refractivity contribution in [1.82, 2.24) is 10.2 Å². The fraction of sp³-hybridized carbons (Fsp3) is 0.391. The Kier molecular flexibility index (Phi) is 8.52. The average Bonchev–Trinajstić information content (AvgIpc) is 2.67. The van der Waals surface area contributed by atoms with Crippen LogP contribution >= 0.6 is 11.6 Å². The monoisotopic (exact) mass is 400 g/mol. The van der Waals surface area contributed by atoms with Crippen LogP contribution in [0, 0.1) is 6.92 Å². The average molecular weight is 401 g/mol. The molecule has 1 unspecified atom stereocenters. The zero-order chi connectivity index (χ0) is 20.5. The molecule has 28 heavy (non-hydrogen) atoms. The number of rotatable bonds is 9. The number of aryl methyl sites for hydroxylation is 1. The van der Waals surface area contributed by atoms with Crippen molar-refractivity contribution in [3.63, 3.8) is 0 Å². The summed E-state index contributed by atoms with van der Waals surface area (Å²) < 4.78 is 0. The summed E-state index contributed by atoms with van der Waals surface area (Å²) in [5, 5.41) is 3.54. The minimum atomic E-state index is -0.561. The predicted octanol–water partition coefficient (Wildman–Crippen LogP) is 4.52. The van der Waals surface area contributed by atoms with Crippen LogP contribution in [-0.4, -0.2) is 29.3 Å². The normalized spacial score (nSPS) is 11.7. The van der Waals surface area contributed by atoms with Gasteiger partial charge in [0.15, 0.2) is 0 Å². The van der Waals surface area contributed by atoms with Crippen LogP contribution in [0.1, 0.15) is 43.4 Å². The number of benzene rings is 2. The summed E-state index contributed by atoms with van der Waals surface area (Å²) in [7, 11) is 0. The molecule has 0 heterocycles. The molecule has 2 amide bonds. The summed E-state index contributed by atoms with van der Waals surface area (Å²) in [6, 6.07) is 14.7. The van der Waals surface area contributed by atoms with Crippen LogP contribution in [0.3, 0.4) is 0 Å². The van der Waals surface area contributed by atoms with Crippen molar-refractivity contribution < 1.29 is 9.59 Å². The lowest BCUT2D eigenvalue weighted by Gasteiger charge is -2.29. The molecule has 0 aliphatic heterocycles. The Balaban J connectivity index is 2.17. The van der Waals surface area contributed by atoms with Crippen LogP contribution in [-0.2, 0) is 22.6 Å². The minimum Gasteiger partial charge on any atom is -0.354 e. The molecule has 0 spiro atoms. The third-order valence-corrected chi connectivity index (χ3v) is 4.95. The van der Waals surface area contributed by atoms with Crippen LogP contribution in [0.25, 0.3) is 0 Å². The third-order valence-electron chi connectivity index (χ3n) is 4.71. The molecule has 0 bridgehead atoms. The van der Waals surface area contributed by atoms with Crippen molar-refractivity contribution in [1.29, 1.82) is 0 Å². The smallest absolute Gasteiger partial charge is 0.242 e. The highest BCUT2D eigenvalue weighted by Gasteiger charge is 2.26. The number of unbranched alkanes of at least 4 members (excludes halogenated alkanes) is 1. The second kappa shape index (κ2) is 10.9. The molecule has 0 radical (unpaired) electrons. The van der Waals surface area contributed by atoms with E-state index in [9.17, 15) is 9.59 Å². The highest BCUT2D eigenvalue weighted by molar-refractivity contribution is 6.30. The zero-order valence-electron chi connectivity index (χ0n) is 16.9. The van der Waals surface area contributed by atoms with Crippen molar-refractivity contribution in [3.05, 3.63) is 70.2 Å². The van der Waals surface area contributed by atoms with Gasteiger partial charge in [-0.15, -0.1) is 0 Å². The van der Waals surface area contributed by atoms with Gasteiger partial charge in [-0.1, -0.05) is 66.9 Å². The molecule has 5 heteroatoms. The van der Waals surface area contributed by atoms with E-state index in [2.05, 4.69) is 12.2 Å². The van der Waals surface area contributed by atoms with Crippen LogP contribution < -0.4 is 5.32 Å². The van der Waals surface area contributed by atoms with Crippen LogP contribution in [0.15, 0.2) is 48.5 Å². The molecule has 2 rings (SSSR count). The maximum absolute atomic E-state index is 13.1. The Bertz CT molecular complexity index is 789. The first kappa shape index (κ1) is 22.0. The molecule has 4 nitrogen and oxygen atoms in total. The second-order valence-corrected chi connectivity index (χ2v) is 7.57. The van der Waals surface area contributed by atoms with Crippen LogP contribution in [0.4, 0.5) is 0 Å². The third kappa shape index (κ3) is 6.68. The summed E-state index contributed by atoms with van der Waals surface area (Å²) in [5.41, 5.74) is 2.99. The Morgan fingerprint density at radius 2 is 1.82 bits per heavy atom. The van der Waals surface area contributed by atoms with Gasteiger partial charge in [0, 0.05) is 18.1 Å². The van der Waals surface area contributed by atoms with E-state index in [-0.39, 0.29) is 18.2 Å². The maximum Gasteiger partial charge on any atom is 0.242 e. The van der Waals surface area contributed by atoms with E-state index in [4.69, 9.17) is 11.6 Å². The van der Waals surface area contributed by atoms with E-state index < -0.39 is 6.04 Å². The standard InChI is InChI=1S/C23H29ClN2O2/c1-4-5-13-25-23(28)18(3)26(16-20-7-6-8-21(24)14-20)22(27)15-19-11-9-17(2)10-12-19/h6-12,14,18H,4-5,13,15-16H2,1-3H3,(H,25,28). The molecule has 1 atom stereocenters. The van der Waals surface area contributed by atoms with Crippen molar-refractivity contribution in [2.24, 2.45) is 0 Å². The van der Waals surface area contributed by atoms with Gasteiger partial charge in [-0.3, -0.25) is 9.59 Å². The number of nitrogens with one attached hydrogen (secondary N) is 1. The number of hydrogen-bond acceptors (Lipinski definition) is 2. The van der Waals surface area contributed by atoms with Gasteiger partial charge in [0.2, 0.25) is 11.8 Å². The lowest BCUT2D eigenvalue weighted by Crippen LogP contribution is -2.48. The van der Waals surface area contributed by atoms with E-state index in [1.165, 1.54) is 0 Å².